The Labute approximate surface area is 138 Å². The molecule has 0 atom stereocenters. The summed E-state index contributed by atoms with van der Waals surface area (Å²) in [5.74, 6) is 0.0722. The Balaban J connectivity index is 1.77. The van der Waals surface area contributed by atoms with Crippen LogP contribution < -0.4 is 5.32 Å². The topological polar surface area (TPSA) is 45.2 Å². The molecule has 3 rings (SSSR count). The molecule has 22 heavy (non-hydrogen) atoms. The Morgan fingerprint density at radius 3 is 2.68 bits per heavy atom. The van der Waals surface area contributed by atoms with Crippen molar-refractivity contribution in [2.24, 2.45) is 0 Å². The number of halogens is 1. The molecule has 5 heteroatoms. The zero-order valence-corrected chi connectivity index (χ0v) is 13.8. The summed E-state index contributed by atoms with van der Waals surface area (Å²) in [6, 6.07) is 9.73. The van der Waals surface area contributed by atoms with Crippen LogP contribution >= 0.6 is 15.9 Å². The van der Waals surface area contributed by atoms with Crippen molar-refractivity contribution < 1.29 is 4.79 Å². The average molecular weight is 360 g/mol. The van der Waals surface area contributed by atoms with Gasteiger partial charge in [0.25, 0.3) is 5.91 Å². The second-order valence-electron chi connectivity index (χ2n) is 5.42. The first-order valence-corrected chi connectivity index (χ1v) is 8.29. The maximum absolute atomic E-state index is 12.5. The monoisotopic (exact) mass is 359 g/mol. The van der Waals surface area contributed by atoms with Crippen molar-refractivity contribution in [1.29, 1.82) is 0 Å². The molecule has 114 valence electrons. The molecule has 1 amide bonds. The van der Waals surface area contributed by atoms with Crippen LogP contribution in [0.25, 0.3) is 0 Å². The lowest BCUT2D eigenvalue weighted by atomic mass is 10.1. The van der Waals surface area contributed by atoms with Gasteiger partial charge in [0.1, 0.15) is 0 Å². The number of piperidine rings is 1. The summed E-state index contributed by atoms with van der Waals surface area (Å²) in [4.78, 5) is 18.6. The molecule has 4 nitrogen and oxygen atoms in total. The van der Waals surface area contributed by atoms with Gasteiger partial charge in [-0.2, -0.15) is 0 Å². The maximum Gasteiger partial charge on any atom is 0.255 e. The van der Waals surface area contributed by atoms with Crippen LogP contribution in [0.4, 0.5) is 11.4 Å². The van der Waals surface area contributed by atoms with Gasteiger partial charge in [0, 0.05) is 23.8 Å². The van der Waals surface area contributed by atoms with Crippen LogP contribution in [0.5, 0.6) is 0 Å². The molecule has 0 unspecified atom stereocenters. The number of hydrogen-bond donors (Lipinski definition) is 1. The van der Waals surface area contributed by atoms with Crippen LogP contribution in [0.15, 0.2) is 47.2 Å². The number of likely N-dealkylation sites (tertiary alicyclic amines) is 1. The van der Waals surface area contributed by atoms with Crippen LogP contribution in [0.1, 0.15) is 29.6 Å². The molecule has 1 aromatic heterocycles. The average Bonchev–Trinajstić information content (AvgIpc) is 2.57. The molecule has 1 aliphatic rings. The Kier molecular flexibility index (Phi) is 4.73. The molecule has 1 fully saturated rings. The van der Waals surface area contributed by atoms with Gasteiger partial charge in [-0.05, 0) is 53.4 Å². The molecule has 0 aliphatic carbocycles. The highest BCUT2D eigenvalue weighted by molar-refractivity contribution is 9.10. The minimum atomic E-state index is 0.0722. The molecule has 0 radical (unpaired) electrons. The first-order valence-electron chi connectivity index (χ1n) is 7.50. The quantitative estimate of drug-likeness (QED) is 0.892. The lowest BCUT2D eigenvalue weighted by Gasteiger charge is -2.26. The fourth-order valence-corrected chi connectivity index (χ4v) is 3.01. The fraction of sp³-hybridized carbons (Fsp3) is 0.294. The third kappa shape index (κ3) is 3.47. The third-order valence-corrected chi connectivity index (χ3v) is 4.47. The van der Waals surface area contributed by atoms with Gasteiger partial charge < -0.3 is 10.2 Å². The Morgan fingerprint density at radius 2 is 1.91 bits per heavy atom. The van der Waals surface area contributed by atoms with Crippen molar-refractivity contribution in [3.05, 3.63) is 52.8 Å². The number of carbonyl (C=O) groups excluding carboxylic acids is 1. The first-order chi connectivity index (χ1) is 10.7. The summed E-state index contributed by atoms with van der Waals surface area (Å²) in [6.45, 7) is 1.70. The molecule has 1 aromatic carbocycles. The van der Waals surface area contributed by atoms with E-state index in [9.17, 15) is 4.79 Å². The van der Waals surface area contributed by atoms with E-state index in [1.54, 1.807) is 12.4 Å². The predicted octanol–water partition coefficient (Wildman–Crippen LogP) is 4.21. The number of benzene rings is 1. The minimum absolute atomic E-state index is 0.0722. The number of rotatable bonds is 3. The summed E-state index contributed by atoms with van der Waals surface area (Å²) in [5.41, 5.74) is 2.40. The second kappa shape index (κ2) is 6.92. The lowest BCUT2D eigenvalue weighted by Crippen LogP contribution is -2.35. The van der Waals surface area contributed by atoms with E-state index in [1.807, 2.05) is 35.2 Å². The van der Waals surface area contributed by atoms with Crippen LogP contribution in [0.3, 0.4) is 0 Å². The molecule has 1 N–H and O–H groups in total. The molecule has 0 spiro atoms. The molecule has 2 aromatic rings. The van der Waals surface area contributed by atoms with E-state index in [4.69, 9.17) is 0 Å². The number of hydrogen-bond acceptors (Lipinski definition) is 3. The van der Waals surface area contributed by atoms with Gasteiger partial charge in [0.15, 0.2) is 0 Å². The van der Waals surface area contributed by atoms with Gasteiger partial charge in [0.2, 0.25) is 0 Å². The highest BCUT2D eigenvalue weighted by Gasteiger charge is 2.18. The molecule has 1 saturated heterocycles. The fourth-order valence-electron chi connectivity index (χ4n) is 2.62. The maximum atomic E-state index is 12.5. The normalized spacial score (nSPS) is 14.7. The Hall–Kier alpha value is -1.88. The number of carbonyl (C=O) groups is 1. The highest BCUT2D eigenvalue weighted by Crippen LogP contribution is 2.25. The van der Waals surface area contributed by atoms with Gasteiger partial charge in [-0.25, -0.2) is 0 Å². The van der Waals surface area contributed by atoms with Gasteiger partial charge in [-0.15, -0.1) is 0 Å². The van der Waals surface area contributed by atoms with Gasteiger partial charge in [-0.3, -0.25) is 9.78 Å². The number of amides is 1. The van der Waals surface area contributed by atoms with Crippen molar-refractivity contribution >= 4 is 33.2 Å². The number of pyridine rings is 1. The lowest BCUT2D eigenvalue weighted by molar-refractivity contribution is 0.0724. The molecular weight excluding hydrogens is 342 g/mol. The first kappa shape index (κ1) is 15.0. The zero-order chi connectivity index (χ0) is 15.4. The third-order valence-electron chi connectivity index (χ3n) is 3.78. The van der Waals surface area contributed by atoms with Crippen molar-refractivity contribution in [3.63, 3.8) is 0 Å². The van der Waals surface area contributed by atoms with Crippen molar-refractivity contribution in [3.8, 4) is 0 Å². The second-order valence-corrected chi connectivity index (χ2v) is 6.27. The summed E-state index contributed by atoms with van der Waals surface area (Å²) < 4.78 is 0.975. The van der Waals surface area contributed by atoms with Gasteiger partial charge in [-0.1, -0.05) is 12.1 Å². The van der Waals surface area contributed by atoms with Crippen molar-refractivity contribution in [2.45, 2.75) is 19.3 Å². The van der Waals surface area contributed by atoms with Crippen LogP contribution in [0, 0.1) is 0 Å². The van der Waals surface area contributed by atoms with E-state index >= 15 is 0 Å². The van der Waals surface area contributed by atoms with E-state index in [1.165, 1.54) is 6.42 Å². The molecule has 0 saturated carbocycles. The van der Waals surface area contributed by atoms with E-state index in [0.29, 0.717) is 5.56 Å². The number of para-hydroxylation sites is 1. The van der Waals surface area contributed by atoms with Crippen LogP contribution in [-0.2, 0) is 0 Å². The summed E-state index contributed by atoms with van der Waals surface area (Å²) in [5, 5.41) is 3.29. The zero-order valence-electron chi connectivity index (χ0n) is 12.3. The summed E-state index contributed by atoms with van der Waals surface area (Å²) in [6.07, 6.45) is 6.77. The molecule has 0 bridgehead atoms. The largest absolute Gasteiger partial charge is 0.353 e. The minimum Gasteiger partial charge on any atom is -0.353 e. The number of nitrogens with zero attached hydrogens (tertiary/aromatic N) is 2. The van der Waals surface area contributed by atoms with Crippen LogP contribution in [0.2, 0.25) is 0 Å². The standard InChI is InChI=1S/C17H18BrN3O/c18-15-6-2-3-7-16(15)20-14-10-13(11-19-12-14)17(22)21-8-4-1-5-9-21/h2-3,6-7,10-12,20H,1,4-5,8-9H2. The number of aromatic nitrogens is 1. The highest BCUT2D eigenvalue weighted by atomic mass is 79.9. The SMILES string of the molecule is O=C(c1cncc(Nc2ccccc2Br)c1)N1CCCCC1. The predicted molar refractivity (Wildman–Crippen MR) is 91.4 cm³/mol. The summed E-state index contributed by atoms with van der Waals surface area (Å²) >= 11 is 3.51. The van der Waals surface area contributed by atoms with Gasteiger partial charge >= 0.3 is 0 Å². The Bertz CT molecular complexity index is 668. The Morgan fingerprint density at radius 1 is 1.14 bits per heavy atom. The van der Waals surface area contributed by atoms with Crippen molar-refractivity contribution in [2.75, 3.05) is 18.4 Å². The number of nitrogens with one attached hydrogen (secondary N) is 1. The van der Waals surface area contributed by atoms with Crippen molar-refractivity contribution in [1.82, 2.24) is 9.88 Å². The van der Waals surface area contributed by atoms with E-state index in [0.717, 1.165) is 41.8 Å². The van der Waals surface area contributed by atoms with E-state index < -0.39 is 0 Å². The van der Waals surface area contributed by atoms with E-state index in [2.05, 4.69) is 26.2 Å². The van der Waals surface area contributed by atoms with Crippen LogP contribution in [-0.4, -0.2) is 28.9 Å². The molecule has 1 aliphatic heterocycles. The van der Waals surface area contributed by atoms with Gasteiger partial charge in [0.05, 0.1) is 23.1 Å². The summed E-state index contributed by atoms with van der Waals surface area (Å²) in [7, 11) is 0. The smallest absolute Gasteiger partial charge is 0.255 e. The van der Waals surface area contributed by atoms with E-state index in [-0.39, 0.29) is 5.91 Å². The molecule has 2 heterocycles. The number of anilines is 2. The molecular formula is C17H18BrN3O.